The molecule has 4 rings (SSSR count). The molecule has 0 fully saturated rings. The quantitative estimate of drug-likeness (QED) is 0.878. The minimum absolute atomic E-state index is 0.0523. The van der Waals surface area contributed by atoms with E-state index in [4.69, 9.17) is 9.47 Å². The van der Waals surface area contributed by atoms with Crippen LogP contribution in [0.3, 0.4) is 0 Å². The van der Waals surface area contributed by atoms with Crippen LogP contribution in [0.1, 0.15) is 54.7 Å². The van der Waals surface area contributed by atoms with Crippen LogP contribution in [0.5, 0.6) is 11.5 Å². The molecular formula is C22H25NO3. The minimum Gasteiger partial charge on any atom is -0.493 e. The van der Waals surface area contributed by atoms with E-state index < -0.39 is 0 Å². The highest BCUT2D eigenvalue weighted by molar-refractivity contribution is 5.95. The van der Waals surface area contributed by atoms with Gasteiger partial charge in [0.2, 0.25) is 0 Å². The summed E-state index contributed by atoms with van der Waals surface area (Å²) in [6, 6.07) is 13.6. The molecule has 0 bridgehead atoms. The summed E-state index contributed by atoms with van der Waals surface area (Å²) in [6.45, 7) is 7.02. The van der Waals surface area contributed by atoms with Gasteiger partial charge in [-0.15, -0.1) is 0 Å². The Morgan fingerprint density at radius 1 is 1.15 bits per heavy atom. The molecule has 2 aromatic carbocycles. The molecule has 1 N–H and O–H groups in total. The molecule has 1 amide bonds. The van der Waals surface area contributed by atoms with Crippen LogP contribution in [-0.4, -0.2) is 18.1 Å². The first-order chi connectivity index (χ1) is 12.4. The lowest BCUT2D eigenvalue weighted by atomic mass is 9.89. The summed E-state index contributed by atoms with van der Waals surface area (Å²) in [5.74, 6) is 2.17. The second kappa shape index (κ2) is 6.35. The maximum Gasteiger partial charge on any atom is 0.251 e. The Labute approximate surface area is 154 Å². The van der Waals surface area contributed by atoms with Gasteiger partial charge < -0.3 is 14.8 Å². The van der Waals surface area contributed by atoms with Gasteiger partial charge >= 0.3 is 0 Å². The Morgan fingerprint density at radius 2 is 1.96 bits per heavy atom. The van der Waals surface area contributed by atoms with Gasteiger partial charge in [-0.1, -0.05) is 25.1 Å². The van der Waals surface area contributed by atoms with Gasteiger partial charge in [0.05, 0.1) is 12.6 Å². The van der Waals surface area contributed by atoms with Crippen LogP contribution >= 0.6 is 0 Å². The molecule has 0 aliphatic carbocycles. The molecule has 4 nitrogen and oxygen atoms in total. The third kappa shape index (κ3) is 3.28. The van der Waals surface area contributed by atoms with Crippen LogP contribution in [0, 0.1) is 5.92 Å². The van der Waals surface area contributed by atoms with Gasteiger partial charge in [-0.3, -0.25) is 4.79 Å². The van der Waals surface area contributed by atoms with Gasteiger partial charge in [0.25, 0.3) is 5.91 Å². The molecule has 2 unspecified atom stereocenters. The zero-order valence-electron chi connectivity index (χ0n) is 15.5. The van der Waals surface area contributed by atoms with Crippen molar-refractivity contribution in [3.63, 3.8) is 0 Å². The predicted octanol–water partition coefficient (Wildman–Crippen LogP) is 4.29. The van der Waals surface area contributed by atoms with Gasteiger partial charge in [0.1, 0.15) is 17.1 Å². The van der Waals surface area contributed by atoms with E-state index in [9.17, 15) is 4.79 Å². The number of benzene rings is 2. The van der Waals surface area contributed by atoms with Crippen LogP contribution in [0.4, 0.5) is 0 Å². The molecule has 2 aliphatic heterocycles. The van der Waals surface area contributed by atoms with E-state index in [0.29, 0.717) is 11.5 Å². The van der Waals surface area contributed by atoms with Crippen molar-refractivity contribution in [1.82, 2.24) is 5.32 Å². The van der Waals surface area contributed by atoms with Crippen molar-refractivity contribution in [2.45, 2.75) is 45.3 Å². The van der Waals surface area contributed by atoms with Crippen LogP contribution in [0.25, 0.3) is 0 Å². The number of para-hydroxylation sites is 1. The van der Waals surface area contributed by atoms with Crippen molar-refractivity contribution in [3.8, 4) is 11.5 Å². The Hall–Kier alpha value is -2.49. The van der Waals surface area contributed by atoms with Crippen LogP contribution in [-0.2, 0) is 6.42 Å². The van der Waals surface area contributed by atoms with E-state index in [2.05, 4.69) is 26.1 Å². The fourth-order valence-corrected chi connectivity index (χ4v) is 3.86. The molecule has 2 heterocycles. The number of hydrogen-bond acceptors (Lipinski definition) is 3. The molecule has 0 saturated heterocycles. The average Bonchev–Trinajstić information content (AvgIpc) is 2.60. The van der Waals surface area contributed by atoms with E-state index in [1.54, 1.807) is 0 Å². The molecule has 2 atom stereocenters. The Balaban J connectivity index is 1.58. The van der Waals surface area contributed by atoms with Crippen molar-refractivity contribution in [2.75, 3.05) is 6.61 Å². The summed E-state index contributed by atoms with van der Waals surface area (Å²) in [5.41, 5.74) is 2.52. The third-order valence-electron chi connectivity index (χ3n) is 5.10. The second-order valence-electron chi connectivity index (χ2n) is 8.07. The van der Waals surface area contributed by atoms with Crippen molar-refractivity contribution in [3.05, 3.63) is 59.2 Å². The number of rotatable bonds is 2. The highest BCUT2D eigenvalue weighted by atomic mass is 16.5. The van der Waals surface area contributed by atoms with E-state index in [-0.39, 0.29) is 17.6 Å². The monoisotopic (exact) mass is 351 g/mol. The van der Waals surface area contributed by atoms with Crippen LogP contribution in [0.15, 0.2) is 42.5 Å². The van der Waals surface area contributed by atoms with E-state index in [1.807, 2.05) is 42.5 Å². The lowest BCUT2D eigenvalue weighted by Crippen LogP contribution is -2.41. The second-order valence-corrected chi connectivity index (χ2v) is 8.07. The maximum atomic E-state index is 12.9. The summed E-state index contributed by atoms with van der Waals surface area (Å²) in [7, 11) is 0. The number of carbonyl (C=O) groups is 1. The highest BCUT2D eigenvalue weighted by Crippen LogP contribution is 2.39. The third-order valence-corrected chi connectivity index (χ3v) is 5.10. The first-order valence-electron chi connectivity index (χ1n) is 9.26. The zero-order chi connectivity index (χ0) is 18.3. The zero-order valence-corrected chi connectivity index (χ0v) is 15.5. The molecule has 0 aromatic heterocycles. The molecule has 26 heavy (non-hydrogen) atoms. The molecule has 0 saturated carbocycles. The topological polar surface area (TPSA) is 47.6 Å². The first kappa shape index (κ1) is 17.0. The number of ether oxygens (including phenoxy) is 2. The summed E-state index contributed by atoms with van der Waals surface area (Å²) < 4.78 is 11.8. The van der Waals surface area contributed by atoms with Gasteiger partial charge in [-0.25, -0.2) is 0 Å². The van der Waals surface area contributed by atoms with Crippen molar-refractivity contribution >= 4 is 5.91 Å². The Kier molecular flexibility index (Phi) is 4.14. The minimum atomic E-state index is -0.314. The van der Waals surface area contributed by atoms with E-state index >= 15 is 0 Å². The van der Waals surface area contributed by atoms with Crippen molar-refractivity contribution in [1.29, 1.82) is 0 Å². The van der Waals surface area contributed by atoms with E-state index in [1.165, 1.54) is 0 Å². The molecule has 0 spiro atoms. The number of fused-ring (bicyclic) bond motifs is 2. The number of amides is 1. The average molecular weight is 351 g/mol. The van der Waals surface area contributed by atoms with Crippen LogP contribution in [0.2, 0.25) is 0 Å². The number of hydrogen-bond donors (Lipinski definition) is 1. The summed E-state index contributed by atoms with van der Waals surface area (Å²) in [5, 5.41) is 3.21. The summed E-state index contributed by atoms with van der Waals surface area (Å²) in [4.78, 5) is 12.9. The highest BCUT2D eigenvalue weighted by Gasteiger charge is 2.34. The van der Waals surface area contributed by atoms with E-state index in [0.717, 1.165) is 42.1 Å². The van der Waals surface area contributed by atoms with Crippen molar-refractivity contribution < 1.29 is 14.3 Å². The van der Waals surface area contributed by atoms with Gasteiger partial charge in [-0.05, 0) is 56.0 Å². The smallest absolute Gasteiger partial charge is 0.251 e. The van der Waals surface area contributed by atoms with Crippen LogP contribution < -0.4 is 14.8 Å². The Morgan fingerprint density at radius 3 is 2.81 bits per heavy atom. The van der Waals surface area contributed by atoms with Gasteiger partial charge in [0, 0.05) is 17.5 Å². The molecule has 2 aliphatic rings. The molecule has 0 radical (unpaired) electrons. The number of carbonyl (C=O) groups excluding carboxylic acids is 1. The number of nitrogens with one attached hydrogen (secondary N) is 1. The fourth-order valence-electron chi connectivity index (χ4n) is 3.86. The van der Waals surface area contributed by atoms with Crippen molar-refractivity contribution in [2.24, 2.45) is 5.92 Å². The standard InChI is InChI=1S/C22H25NO3/c1-14-10-16-11-15(8-9-19(16)25-13-14)21(24)23-18-12-22(2,3)26-20-7-5-4-6-17(18)20/h4-9,11,14,18H,10,12-13H2,1-3H3,(H,23,24). The van der Waals surface area contributed by atoms with Gasteiger partial charge in [-0.2, -0.15) is 0 Å². The fraction of sp³-hybridized carbons (Fsp3) is 0.409. The molecule has 2 aromatic rings. The lowest BCUT2D eigenvalue weighted by Gasteiger charge is -2.37. The normalized spacial score (nSPS) is 23.0. The molecule has 4 heteroatoms. The summed E-state index contributed by atoms with van der Waals surface area (Å²) >= 11 is 0. The lowest BCUT2D eigenvalue weighted by molar-refractivity contribution is 0.0619. The first-order valence-corrected chi connectivity index (χ1v) is 9.26. The summed E-state index contributed by atoms with van der Waals surface area (Å²) in [6.07, 6.45) is 1.68. The van der Waals surface area contributed by atoms with Gasteiger partial charge in [0.15, 0.2) is 0 Å². The Bertz CT molecular complexity index is 843. The molecular weight excluding hydrogens is 326 g/mol. The molecule has 136 valence electrons. The SMILES string of the molecule is CC1COc2ccc(C(=O)NC3CC(C)(C)Oc4ccccc43)cc2C1. The maximum absolute atomic E-state index is 12.9. The predicted molar refractivity (Wildman–Crippen MR) is 101 cm³/mol. The largest absolute Gasteiger partial charge is 0.493 e.